The number of halogens is 3. The molecular formula is C28H25F3N4O. The van der Waals surface area contributed by atoms with Gasteiger partial charge in [-0.1, -0.05) is 36.4 Å². The van der Waals surface area contributed by atoms with Gasteiger partial charge in [-0.3, -0.25) is 9.69 Å². The number of rotatable bonds is 5. The molecule has 0 atom stereocenters. The molecule has 36 heavy (non-hydrogen) atoms. The maximum atomic E-state index is 13.2. The lowest BCUT2D eigenvalue weighted by atomic mass is 9.97. The molecule has 4 aromatic rings. The smallest absolute Gasteiger partial charge is 0.337 e. The summed E-state index contributed by atoms with van der Waals surface area (Å²) in [5.41, 5.74) is 5.09. The zero-order valence-corrected chi connectivity index (χ0v) is 19.7. The normalized spacial score (nSPS) is 13.9. The minimum absolute atomic E-state index is 0.306. The SMILES string of the molecule is Cn1cncc1CN1CCc2cc(NC(=O)c3ccccc3-c3ccc(C(F)(F)F)cc3)ccc2C1. The average Bonchev–Trinajstić information content (AvgIpc) is 3.27. The number of alkyl halides is 3. The molecule has 1 aliphatic heterocycles. The molecule has 1 aliphatic rings. The van der Waals surface area contributed by atoms with Gasteiger partial charge < -0.3 is 9.88 Å². The predicted molar refractivity (Wildman–Crippen MR) is 132 cm³/mol. The van der Waals surface area contributed by atoms with Crippen LogP contribution in [0.3, 0.4) is 0 Å². The van der Waals surface area contributed by atoms with Crippen LogP contribution in [-0.2, 0) is 32.7 Å². The summed E-state index contributed by atoms with van der Waals surface area (Å²) in [6, 6.07) is 17.7. The fraction of sp³-hybridized carbons (Fsp3) is 0.214. The summed E-state index contributed by atoms with van der Waals surface area (Å²) in [5.74, 6) is -0.306. The fourth-order valence-electron chi connectivity index (χ4n) is 4.56. The second kappa shape index (κ2) is 9.62. The number of carbonyl (C=O) groups excluding carboxylic acids is 1. The Kier molecular flexibility index (Phi) is 6.36. The lowest BCUT2D eigenvalue weighted by Crippen LogP contribution is -2.30. The summed E-state index contributed by atoms with van der Waals surface area (Å²) in [5, 5.41) is 2.97. The highest BCUT2D eigenvalue weighted by atomic mass is 19.4. The summed E-state index contributed by atoms with van der Waals surface area (Å²) in [6.07, 6.45) is 0.158. The van der Waals surface area contributed by atoms with Crippen molar-refractivity contribution < 1.29 is 18.0 Å². The quantitative estimate of drug-likeness (QED) is 0.378. The maximum Gasteiger partial charge on any atom is 0.416 e. The molecule has 5 nitrogen and oxygen atoms in total. The molecule has 184 valence electrons. The summed E-state index contributed by atoms with van der Waals surface area (Å²) in [7, 11) is 1.99. The molecule has 0 spiro atoms. The van der Waals surface area contributed by atoms with Gasteiger partial charge in [0, 0.05) is 44.1 Å². The highest BCUT2D eigenvalue weighted by molar-refractivity contribution is 6.08. The minimum atomic E-state index is -4.41. The van der Waals surface area contributed by atoms with Crippen molar-refractivity contribution in [1.82, 2.24) is 14.5 Å². The number of anilines is 1. The van der Waals surface area contributed by atoms with E-state index in [1.165, 1.54) is 23.3 Å². The first kappa shape index (κ1) is 23.8. The topological polar surface area (TPSA) is 50.2 Å². The number of aromatic nitrogens is 2. The molecule has 0 aliphatic carbocycles. The number of aryl methyl sites for hydroxylation is 1. The van der Waals surface area contributed by atoms with E-state index in [1.807, 2.05) is 36.0 Å². The van der Waals surface area contributed by atoms with Crippen LogP contribution in [0.2, 0.25) is 0 Å². The Hall–Kier alpha value is -3.91. The number of nitrogens with zero attached hydrogens (tertiary/aromatic N) is 3. The van der Waals surface area contributed by atoms with Gasteiger partial charge in [0.1, 0.15) is 0 Å². The molecular weight excluding hydrogens is 465 g/mol. The van der Waals surface area contributed by atoms with Gasteiger partial charge in [-0.2, -0.15) is 13.2 Å². The third-order valence-corrected chi connectivity index (χ3v) is 6.55. The molecule has 0 unspecified atom stereocenters. The van der Waals surface area contributed by atoms with Gasteiger partial charge in [-0.15, -0.1) is 0 Å². The van der Waals surface area contributed by atoms with E-state index in [0.29, 0.717) is 22.4 Å². The van der Waals surface area contributed by atoms with E-state index in [4.69, 9.17) is 0 Å². The number of imidazole rings is 1. The van der Waals surface area contributed by atoms with E-state index in [-0.39, 0.29) is 5.91 Å². The van der Waals surface area contributed by atoms with Crippen molar-refractivity contribution in [2.45, 2.75) is 25.7 Å². The second-order valence-electron chi connectivity index (χ2n) is 9.01. The van der Waals surface area contributed by atoms with Gasteiger partial charge in [0.25, 0.3) is 5.91 Å². The second-order valence-corrected chi connectivity index (χ2v) is 9.01. The van der Waals surface area contributed by atoms with Gasteiger partial charge in [0.15, 0.2) is 0 Å². The van der Waals surface area contributed by atoms with Crippen LogP contribution in [0.4, 0.5) is 18.9 Å². The number of hydrogen-bond acceptors (Lipinski definition) is 3. The van der Waals surface area contributed by atoms with Crippen LogP contribution in [0, 0.1) is 0 Å². The van der Waals surface area contributed by atoms with Crippen molar-refractivity contribution >= 4 is 11.6 Å². The lowest BCUT2D eigenvalue weighted by molar-refractivity contribution is -0.137. The molecule has 3 aromatic carbocycles. The first-order valence-corrected chi connectivity index (χ1v) is 11.7. The molecule has 1 aromatic heterocycles. The number of benzene rings is 3. The number of hydrogen-bond donors (Lipinski definition) is 1. The molecule has 5 rings (SSSR count). The van der Waals surface area contributed by atoms with Gasteiger partial charge in [0.05, 0.1) is 17.6 Å². The van der Waals surface area contributed by atoms with Crippen LogP contribution in [0.1, 0.15) is 32.7 Å². The number of fused-ring (bicyclic) bond motifs is 1. The number of amides is 1. The van der Waals surface area contributed by atoms with Crippen LogP contribution in [-0.4, -0.2) is 26.9 Å². The monoisotopic (exact) mass is 490 g/mol. The molecule has 8 heteroatoms. The lowest BCUT2D eigenvalue weighted by Gasteiger charge is -2.29. The van der Waals surface area contributed by atoms with Gasteiger partial charge in [-0.05, 0) is 59.0 Å². The van der Waals surface area contributed by atoms with Crippen molar-refractivity contribution in [2.24, 2.45) is 7.05 Å². The van der Waals surface area contributed by atoms with Crippen LogP contribution in [0.25, 0.3) is 11.1 Å². The van der Waals surface area contributed by atoms with E-state index >= 15 is 0 Å². The van der Waals surface area contributed by atoms with Crippen LogP contribution >= 0.6 is 0 Å². The highest BCUT2D eigenvalue weighted by Gasteiger charge is 2.30. The Morgan fingerprint density at radius 1 is 1.03 bits per heavy atom. The van der Waals surface area contributed by atoms with E-state index in [9.17, 15) is 18.0 Å². The molecule has 0 bridgehead atoms. The molecule has 0 radical (unpaired) electrons. The zero-order valence-electron chi connectivity index (χ0n) is 19.7. The Bertz CT molecular complexity index is 1390. The Morgan fingerprint density at radius 2 is 1.81 bits per heavy atom. The van der Waals surface area contributed by atoms with E-state index in [0.717, 1.165) is 43.9 Å². The van der Waals surface area contributed by atoms with Gasteiger partial charge >= 0.3 is 6.18 Å². The van der Waals surface area contributed by atoms with E-state index < -0.39 is 11.7 Å². The standard InChI is InChI=1S/C28H25F3N4O/c1-34-18-32-15-24(34)17-35-13-12-20-14-23(11-8-21(20)16-35)33-27(36)26-5-3-2-4-25(26)19-6-9-22(10-7-19)28(29,30)31/h2-11,14-15,18H,12-13,16-17H2,1H3,(H,33,36). The summed E-state index contributed by atoms with van der Waals surface area (Å²) in [6.45, 7) is 2.56. The first-order chi connectivity index (χ1) is 17.3. The first-order valence-electron chi connectivity index (χ1n) is 11.7. The van der Waals surface area contributed by atoms with Crippen molar-refractivity contribution in [3.8, 4) is 11.1 Å². The van der Waals surface area contributed by atoms with E-state index in [2.05, 4.69) is 15.2 Å². The van der Waals surface area contributed by atoms with Gasteiger partial charge in [0.2, 0.25) is 0 Å². The third-order valence-electron chi connectivity index (χ3n) is 6.55. The molecule has 0 saturated carbocycles. The molecule has 0 saturated heterocycles. The van der Waals surface area contributed by atoms with Crippen molar-refractivity contribution in [1.29, 1.82) is 0 Å². The highest BCUT2D eigenvalue weighted by Crippen LogP contribution is 2.32. The summed E-state index contributed by atoms with van der Waals surface area (Å²) in [4.78, 5) is 19.7. The Labute approximate surface area is 207 Å². The predicted octanol–water partition coefficient (Wildman–Crippen LogP) is 5.92. The van der Waals surface area contributed by atoms with Crippen LogP contribution < -0.4 is 5.32 Å². The minimum Gasteiger partial charge on any atom is -0.337 e. The van der Waals surface area contributed by atoms with Crippen LogP contribution in [0.15, 0.2) is 79.3 Å². The zero-order chi connectivity index (χ0) is 25.3. The Balaban J connectivity index is 1.31. The van der Waals surface area contributed by atoms with E-state index in [1.54, 1.807) is 30.6 Å². The summed E-state index contributed by atoms with van der Waals surface area (Å²) >= 11 is 0. The third kappa shape index (κ3) is 5.04. The van der Waals surface area contributed by atoms with Gasteiger partial charge in [-0.25, -0.2) is 4.98 Å². The number of carbonyl (C=O) groups is 1. The van der Waals surface area contributed by atoms with Crippen LogP contribution in [0.5, 0.6) is 0 Å². The molecule has 0 fully saturated rings. The largest absolute Gasteiger partial charge is 0.416 e. The molecule has 2 heterocycles. The van der Waals surface area contributed by atoms with Crippen molar-refractivity contribution in [3.05, 3.63) is 107 Å². The molecule has 1 N–H and O–H groups in total. The number of nitrogens with one attached hydrogen (secondary N) is 1. The maximum absolute atomic E-state index is 13.2. The average molecular weight is 491 g/mol. The van der Waals surface area contributed by atoms with Crippen molar-refractivity contribution in [3.63, 3.8) is 0 Å². The molecule has 1 amide bonds. The Morgan fingerprint density at radius 3 is 2.53 bits per heavy atom. The van der Waals surface area contributed by atoms with Crippen molar-refractivity contribution in [2.75, 3.05) is 11.9 Å². The fourth-order valence-corrected chi connectivity index (χ4v) is 4.56. The summed E-state index contributed by atoms with van der Waals surface area (Å²) < 4.78 is 40.9.